The van der Waals surface area contributed by atoms with Crippen LogP contribution in [0, 0.1) is 11.6 Å². The molecule has 0 saturated heterocycles. The molecule has 0 fully saturated rings. The lowest BCUT2D eigenvalue weighted by molar-refractivity contribution is 0.586. The van der Waals surface area contributed by atoms with Crippen LogP contribution in [0.15, 0.2) is 48.7 Å². The maximum Gasteiger partial charge on any atom is 0.244 e. The van der Waals surface area contributed by atoms with Crippen LogP contribution in [0.3, 0.4) is 0 Å². The number of anilines is 3. The van der Waals surface area contributed by atoms with E-state index in [1.807, 2.05) is 18.2 Å². The van der Waals surface area contributed by atoms with E-state index < -0.39 is 11.6 Å². The summed E-state index contributed by atoms with van der Waals surface area (Å²) >= 11 is 6.08. The van der Waals surface area contributed by atoms with E-state index in [4.69, 9.17) is 11.6 Å². The van der Waals surface area contributed by atoms with Crippen molar-refractivity contribution in [2.24, 2.45) is 0 Å². The normalized spacial score (nSPS) is 10.5. The third-order valence-corrected chi connectivity index (χ3v) is 3.52. The number of rotatable bonds is 5. The molecule has 122 valence electrons. The van der Waals surface area contributed by atoms with E-state index in [-0.39, 0.29) is 17.5 Å². The highest BCUT2D eigenvalue weighted by atomic mass is 35.5. The van der Waals surface area contributed by atoms with Gasteiger partial charge in [0.25, 0.3) is 0 Å². The molecule has 0 saturated carbocycles. The number of nitrogens with one attached hydrogen (secondary N) is 2. The van der Waals surface area contributed by atoms with Crippen LogP contribution in [0.4, 0.5) is 26.2 Å². The molecule has 3 rings (SSSR count). The molecule has 1 heterocycles. The van der Waals surface area contributed by atoms with Gasteiger partial charge >= 0.3 is 0 Å². The van der Waals surface area contributed by atoms with Gasteiger partial charge in [-0.2, -0.15) is 10.1 Å². The molecule has 0 aliphatic rings. The van der Waals surface area contributed by atoms with E-state index in [0.717, 1.165) is 17.7 Å². The van der Waals surface area contributed by atoms with Crippen molar-refractivity contribution in [3.63, 3.8) is 0 Å². The fourth-order valence-electron chi connectivity index (χ4n) is 1.98. The van der Waals surface area contributed by atoms with Gasteiger partial charge in [0.1, 0.15) is 11.6 Å². The quantitative estimate of drug-likeness (QED) is 0.725. The summed E-state index contributed by atoms with van der Waals surface area (Å²) in [7, 11) is 0. The lowest BCUT2D eigenvalue weighted by atomic mass is 10.2. The number of benzene rings is 2. The highest BCUT2D eigenvalue weighted by Gasteiger charge is 2.07. The first-order valence-corrected chi connectivity index (χ1v) is 7.39. The average molecular weight is 348 g/mol. The fourth-order valence-corrected chi connectivity index (χ4v) is 2.19. The summed E-state index contributed by atoms with van der Waals surface area (Å²) in [6.45, 7) is 0.412. The van der Waals surface area contributed by atoms with E-state index in [1.54, 1.807) is 6.07 Å². The molecule has 0 amide bonds. The van der Waals surface area contributed by atoms with Crippen LogP contribution in [-0.2, 0) is 6.54 Å². The van der Waals surface area contributed by atoms with E-state index >= 15 is 0 Å². The topological polar surface area (TPSA) is 62.7 Å². The predicted molar refractivity (Wildman–Crippen MR) is 88.2 cm³/mol. The summed E-state index contributed by atoms with van der Waals surface area (Å²) in [5.74, 6) is -0.847. The molecule has 0 spiro atoms. The van der Waals surface area contributed by atoms with Crippen molar-refractivity contribution in [1.29, 1.82) is 0 Å². The molecule has 0 aliphatic heterocycles. The first kappa shape index (κ1) is 16.1. The Hall–Kier alpha value is -2.80. The van der Waals surface area contributed by atoms with Crippen molar-refractivity contribution in [1.82, 2.24) is 15.2 Å². The predicted octanol–water partition coefficient (Wildman–Crippen LogP) is 4.16. The number of hydrogen-bond donors (Lipinski definition) is 2. The number of nitrogens with zero attached hydrogens (tertiary/aromatic N) is 3. The van der Waals surface area contributed by atoms with Crippen LogP contribution < -0.4 is 10.6 Å². The van der Waals surface area contributed by atoms with Gasteiger partial charge in [-0.25, -0.2) is 8.78 Å². The van der Waals surface area contributed by atoms with Crippen molar-refractivity contribution in [3.8, 4) is 0 Å². The molecular formula is C16H12ClF2N5. The van der Waals surface area contributed by atoms with Gasteiger partial charge in [0.15, 0.2) is 5.82 Å². The molecule has 0 atom stereocenters. The van der Waals surface area contributed by atoms with Crippen molar-refractivity contribution in [3.05, 3.63) is 70.9 Å². The van der Waals surface area contributed by atoms with Gasteiger partial charge in [-0.1, -0.05) is 29.8 Å². The first-order chi connectivity index (χ1) is 11.6. The maximum atomic E-state index is 13.7. The SMILES string of the molecule is Fc1ccc(Nc2cnnc(NCc3ccccc3Cl)n2)c(F)c1. The zero-order chi connectivity index (χ0) is 16.9. The molecule has 3 aromatic rings. The van der Waals surface area contributed by atoms with Crippen LogP contribution in [0.5, 0.6) is 0 Å². The van der Waals surface area contributed by atoms with Crippen LogP contribution in [0.25, 0.3) is 0 Å². The summed E-state index contributed by atoms with van der Waals surface area (Å²) in [6, 6.07) is 10.6. The average Bonchev–Trinajstić information content (AvgIpc) is 2.57. The van der Waals surface area contributed by atoms with Crippen LogP contribution in [0.1, 0.15) is 5.56 Å². The molecule has 8 heteroatoms. The van der Waals surface area contributed by atoms with Crippen LogP contribution in [0.2, 0.25) is 5.02 Å². The van der Waals surface area contributed by atoms with Gasteiger partial charge in [-0.15, -0.1) is 5.10 Å². The summed E-state index contributed by atoms with van der Waals surface area (Å²) in [5, 5.41) is 14.0. The van der Waals surface area contributed by atoms with Gasteiger partial charge in [0, 0.05) is 17.6 Å². The lowest BCUT2D eigenvalue weighted by Gasteiger charge is -2.09. The van der Waals surface area contributed by atoms with Crippen molar-refractivity contribution in [2.75, 3.05) is 10.6 Å². The highest BCUT2D eigenvalue weighted by Crippen LogP contribution is 2.20. The van der Waals surface area contributed by atoms with Crippen LogP contribution in [-0.4, -0.2) is 15.2 Å². The van der Waals surface area contributed by atoms with E-state index in [9.17, 15) is 8.78 Å². The summed E-state index contributed by atoms with van der Waals surface area (Å²) in [6.07, 6.45) is 1.34. The van der Waals surface area contributed by atoms with Gasteiger partial charge < -0.3 is 10.6 Å². The Morgan fingerprint density at radius 1 is 1.08 bits per heavy atom. The molecule has 1 aromatic heterocycles. The largest absolute Gasteiger partial charge is 0.349 e. The zero-order valence-corrected chi connectivity index (χ0v) is 13.1. The van der Waals surface area contributed by atoms with Crippen molar-refractivity contribution in [2.45, 2.75) is 6.54 Å². The molecule has 2 N–H and O–H groups in total. The highest BCUT2D eigenvalue weighted by molar-refractivity contribution is 6.31. The Morgan fingerprint density at radius 2 is 1.92 bits per heavy atom. The first-order valence-electron chi connectivity index (χ1n) is 7.01. The van der Waals surface area contributed by atoms with Gasteiger partial charge in [-0.05, 0) is 23.8 Å². The minimum atomic E-state index is -0.723. The molecule has 5 nitrogen and oxygen atoms in total. The third-order valence-electron chi connectivity index (χ3n) is 3.15. The zero-order valence-electron chi connectivity index (χ0n) is 12.3. The Labute approximate surface area is 141 Å². The summed E-state index contributed by atoms with van der Waals surface area (Å²) in [4.78, 5) is 4.18. The molecular weight excluding hydrogens is 336 g/mol. The molecule has 0 aliphatic carbocycles. The molecule has 0 unspecified atom stereocenters. The number of hydrogen-bond acceptors (Lipinski definition) is 5. The Kier molecular flexibility index (Phi) is 4.81. The third kappa shape index (κ3) is 3.94. The second-order valence-electron chi connectivity index (χ2n) is 4.86. The van der Waals surface area contributed by atoms with Gasteiger partial charge in [0.2, 0.25) is 5.95 Å². The summed E-state index contributed by atoms with van der Waals surface area (Å²) < 4.78 is 26.6. The Bertz CT molecular complexity index is 859. The minimum Gasteiger partial charge on any atom is -0.349 e. The molecule has 24 heavy (non-hydrogen) atoms. The number of halogens is 3. The Morgan fingerprint density at radius 3 is 2.71 bits per heavy atom. The van der Waals surface area contributed by atoms with Gasteiger partial charge in [0.05, 0.1) is 11.9 Å². The van der Waals surface area contributed by atoms with E-state index in [0.29, 0.717) is 11.6 Å². The minimum absolute atomic E-state index is 0.0916. The standard InChI is InChI=1S/C16H12ClF2N5/c17-12-4-2-1-3-10(12)8-20-16-23-15(9-21-24-16)22-14-6-5-11(18)7-13(14)19/h1-7,9H,8H2,(H2,20,22,23,24). The van der Waals surface area contributed by atoms with Crippen LogP contribution >= 0.6 is 11.6 Å². The fraction of sp³-hybridized carbons (Fsp3) is 0.0625. The molecule has 2 aromatic carbocycles. The Balaban J connectivity index is 1.71. The van der Waals surface area contributed by atoms with Crippen molar-refractivity contribution < 1.29 is 8.78 Å². The second kappa shape index (κ2) is 7.18. The monoisotopic (exact) mass is 347 g/mol. The smallest absolute Gasteiger partial charge is 0.244 e. The van der Waals surface area contributed by atoms with E-state index in [2.05, 4.69) is 25.8 Å². The molecule has 0 bridgehead atoms. The lowest BCUT2D eigenvalue weighted by Crippen LogP contribution is -2.07. The second-order valence-corrected chi connectivity index (χ2v) is 5.27. The number of aromatic nitrogens is 3. The van der Waals surface area contributed by atoms with E-state index in [1.165, 1.54) is 12.3 Å². The summed E-state index contributed by atoms with van der Waals surface area (Å²) in [5.41, 5.74) is 0.972. The maximum absolute atomic E-state index is 13.7. The van der Waals surface area contributed by atoms with Crippen molar-refractivity contribution >= 4 is 29.1 Å². The van der Waals surface area contributed by atoms with Gasteiger partial charge in [-0.3, -0.25) is 0 Å². The molecule has 0 radical (unpaired) electrons.